The smallest absolute Gasteiger partial charge is 0.258 e. The average Bonchev–Trinajstić information content (AvgIpc) is 2.87. The summed E-state index contributed by atoms with van der Waals surface area (Å²) in [4.78, 5) is 4.53. The number of hydrogen-bond acceptors (Lipinski definition) is 5. The summed E-state index contributed by atoms with van der Waals surface area (Å²) in [6.07, 6.45) is 4.81. The summed E-state index contributed by atoms with van der Waals surface area (Å²) in [5, 5.41) is 4.14. The van der Waals surface area contributed by atoms with Crippen LogP contribution in [0.1, 0.15) is 44.3 Å². The fourth-order valence-corrected chi connectivity index (χ4v) is 2.99. The highest BCUT2D eigenvalue weighted by molar-refractivity contribution is 5.67. The van der Waals surface area contributed by atoms with Gasteiger partial charge in [0.25, 0.3) is 5.89 Å². The standard InChI is InChI=1S/C15H20N4O/c1-9-3-2-4-10(5-9)14-18-15(20-19-14)11-6-12(16)8-13(17)7-11/h6-10H,2-5,16-17H2,1H3. The van der Waals surface area contributed by atoms with Crippen molar-refractivity contribution in [3.8, 4) is 11.5 Å². The molecule has 1 aliphatic carbocycles. The Labute approximate surface area is 118 Å². The van der Waals surface area contributed by atoms with Gasteiger partial charge in [0.15, 0.2) is 5.82 Å². The largest absolute Gasteiger partial charge is 0.399 e. The van der Waals surface area contributed by atoms with E-state index >= 15 is 0 Å². The van der Waals surface area contributed by atoms with Crippen LogP contribution in [0.2, 0.25) is 0 Å². The van der Waals surface area contributed by atoms with E-state index in [2.05, 4.69) is 17.1 Å². The van der Waals surface area contributed by atoms with E-state index in [1.165, 1.54) is 12.8 Å². The van der Waals surface area contributed by atoms with Crippen LogP contribution < -0.4 is 11.5 Å². The first kappa shape index (κ1) is 13.0. The first-order valence-electron chi connectivity index (χ1n) is 7.12. The Morgan fingerprint density at radius 1 is 1.15 bits per heavy atom. The van der Waals surface area contributed by atoms with E-state index in [0.29, 0.717) is 23.2 Å². The summed E-state index contributed by atoms with van der Waals surface area (Å²) >= 11 is 0. The van der Waals surface area contributed by atoms with E-state index in [1.807, 2.05) is 0 Å². The minimum absolute atomic E-state index is 0.412. The minimum atomic E-state index is 0.412. The van der Waals surface area contributed by atoms with Gasteiger partial charge in [-0.1, -0.05) is 24.9 Å². The maximum absolute atomic E-state index is 5.79. The number of nitrogens with zero attached hydrogens (tertiary/aromatic N) is 2. The van der Waals surface area contributed by atoms with Crippen molar-refractivity contribution in [1.29, 1.82) is 0 Å². The average molecular weight is 272 g/mol. The van der Waals surface area contributed by atoms with Crippen LogP contribution in [0.4, 0.5) is 11.4 Å². The van der Waals surface area contributed by atoms with Crippen molar-refractivity contribution in [2.45, 2.75) is 38.5 Å². The Morgan fingerprint density at radius 2 is 1.90 bits per heavy atom. The lowest BCUT2D eigenvalue weighted by molar-refractivity contribution is 0.324. The van der Waals surface area contributed by atoms with E-state index in [4.69, 9.17) is 16.0 Å². The summed E-state index contributed by atoms with van der Waals surface area (Å²) in [6.45, 7) is 2.28. The molecule has 5 heteroatoms. The predicted octanol–water partition coefficient (Wildman–Crippen LogP) is 3.19. The number of rotatable bonds is 2. The first-order valence-corrected chi connectivity index (χ1v) is 7.12. The Morgan fingerprint density at radius 3 is 2.60 bits per heavy atom. The first-order chi connectivity index (χ1) is 9.61. The summed E-state index contributed by atoms with van der Waals surface area (Å²) < 4.78 is 5.38. The molecule has 0 spiro atoms. The lowest BCUT2D eigenvalue weighted by atomic mass is 9.82. The lowest BCUT2D eigenvalue weighted by Crippen LogP contribution is -2.12. The van der Waals surface area contributed by atoms with Crippen LogP contribution in [0.3, 0.4) is 0 Å². The van der Waals surface area contributed by atoms with Crippen molar-refractivity contribution < 1.29 is 4.52 Å². The number of hydrogen-bond donors (Lipinski definition) is 2. The molecule has 0 saturated heterocycles. The summed E-state index contributed by atoms with van der Waals surface area (Å²) in [5.74, 6) is 2.46. The molecule has 1 heterocycles. The van der Waals surface area contributed by atoms with Gasteiger partial charge in [-0.2, -0.15) is 4.98 Å². The maximum atomic E-state index is 5.79. The Balaban J connectivity index is 1.86. The number of nitrogen functional groups attached to an aromatic ring is 2. The van der Waals surface area contributed by atoms with Crippen molar-refractivity contribution >= 4 is 11.4 Å². The second kappa shape index (κ2) is 5.15. The molecule has 106 valence electrons. The third kappa shape index (κ3) is 2.61. The molecule has 20 heavy (non-hydrogen) atoms. The summed E-state index contributed by atoms with van der Waals surface area (Å²) in [5.41, 5.74) is 13.6. The molecular weight excluding hydrogens is 252 g/mol. The fourth-order valence-electron chi connectivity index (χ4n) is 2.99. The maximum Gasteiger partial charge on any atom is 0.258 e. The van der Waals surface area contributed by atoms with Crippen molar-refractivity contribution in [3.05, 3.63) is 24.0 Å². The van der Waals surface area contributed by atoms with Gasteiger partial charge in [0.2, 0.25) is 0 Å². The summed E-state index contributed by atoms with van der Waals surface area (Å²) in [7, 11) is 0. The second-order valence-electron chi connectivity index (χ2n) is 5.81. The number of aromatic nitrogens is 2. The molecule has 1 fully saturated rings. The molecule has 2 unspecified atom stereocenters. The van der Waals surface area contributed by atoms with Gasteiger partial charge < -0.3 is 16.0 Å². The van der Waals surface area contributed by atoms with Gasteiger partial charge in [-0.25, -0.2) is 0 Å². The number of nitrogens with two attached hydrogens (primary N) is 2. The summed E-state index contributed by atoms with van der Waals surface area (Å²) in [6, 6.07) is 5.32. The van der Waals surface area contributed by atoms with Gasteiger partial charge in [-0.05, 0) is 37.0 Å². The zero-order valence-electron chi connectivity index (χ0n) is 11.7. The monoisotopic (exact) mass is 272 g/mol. The molecule has 1 aromatic carbocycles. The van der Waals surface area contributed by atoms with Crippen molar-refractivity contribution in [2.75, 3.05) is 11.5 Å². The van der Waals surface area contributed by atoms with Gasteiger partial charge in [0, 0.05) is 22.9 Å². The van der Waals surface area contributed by atoms with Crippen LogP contribution in [-0.2, 0) is 0 Å². The molecule has 2 atom stereocenters. The number of benzene rings is 1. The van der Waals surface area contributed by atoms with Crippen LogP contribution in [-0.4, -0.2) is 10.1 Å². The van der Waals surface area contributed by atoms with Crippen molar-refractivity contribution in [1.82, 2.24) is 10.1 Å². The molecule has 0 amide bonds. The van der Waals surface area contributed by atoms with E-state index < -0.39 is 0 Å². The zero-order chi connectivity index (χ0) is 14.1. The predicted molar refractivity (Wildman–Crippen MR) is 78.9 cm³/mol. The number of anilines is 2. The molecule has 1 aromatic heterocycles. The Kier molecular flexibility index (Phi) is 3.34. The van der Waals surface area contributed by atoms with Crippen LogP contribution in [0, 0.1) is 5.92 Å². The zero-order valence-corrected chi connectivity index (χ0v) is 11.7. The quantitative estimate of drug-likeness (QED) is 0.819. The molecule has 0 bridgehead atoms. The van der Waals surface area contributed by atoms with Crippen molar-refractivity contribution in [2.24, 2.45) is 5.92 Å². The molecule has 4 N–H and O–H groups in total. The van der Waals surface area contributed by atoms with Gasteiger partial charge in [0.1, 0.15) is 0 Å². The highest BCUT2D eigenvalue weighted by atomic mass is 16.5. The SMILES string of the molecule is CC1CCCC(c2noc(-c3cc(N)cc(N)c3)n2)C1. The third-order valence-electron chi connectivity index (χ3n) is 3.97. The van der Waals surface area contributed by atoms with Crippen molar-refractivity contribution in [3.63, 3.8) is 0 Å². The topological polar surface area (TPSA) is 91.0 Å². The van der Waals surface area contributed by atoms with Gasteiger partial charge in [-0.15, -0.1) is 0 Å². The molecule has 5 nitrogen and oxygen atoms in total. The van der Waals surface area contributed by atoms with Gasteiger partial charge in [-0.3, -0.25) is 0 Å². The molecule has 2 aromatic rings. The second-order valence-corrected chi connectivity index (χ2v) is 5.81. The van der Waals surface area contributed by atoms with Gasteiger partial charge in [0.05, 0.1) is 0 Å². The van der Waals surface area contributed by atoms with E-state index in [0.717, 1.165) is 30.1 Å². The van der Waals surface area contributed by atoms with Crippen LogP contribution in [0.15, 0.2) is 22.7 Å². The van der Waals surface area contributed by atoms with Crippen LogP contribution in [0.25, 0.3) is 11.5 Å². The molecule has 0 aliphatic heterocycles. The normalized spacial score (nSPS) is 22.9. The van der Waals surface area contributed by atoms with Crippen LogP contribution >= 0.6 is 0 Å². The van der Waals surface area contributed by atoms with Gasteiger partial charge >= 0.3 is 0 Å². The minimum Gasteiger partial charge on any atom is -0.399 e. The lowest BCUT2D eigenvalue weighted by Gasteiger charge is -2.23. The molecule has 1 saturated carbocycles. The van der Waals surface area contributed by atoms with E-state index in [-0.39, 0.29) is 0 Å². The molecule has 0 radical (unpaired) electrons. The molecule has 3 rings (SSSR count). The highest BCUT2D eigenvalue weighted by Crippen LogP contribution is 2.35. The molecular formula is C15H20N4O. The van der Waals surface area contributed by atoms with E-state index in [9.17, 15) is 0 Å². The Hall–Kier alpha value is -2.04. The third-order valence-corrected chi connectivity index (χ3v) is 3.97. The highest BCUT2D eigenvalue weighted by Gasteiger charge is 2.24. The molecule has 1 aliphatic rings. The Bertz CT molecular complexity index is 587. The van der Waals surface area contributed by atoms with Crippen LogP contribution in [0.5, 0.6) is 0 Å². The van der Waals surface area contributed by atoms with E-state index in [1.54, 1.807) is 18.2 Å². The fraction of sp³-hybridized carbons (Fsp3) is 0.467.